The fourth-order valence-electron chi connectivity index (χ4n) is 3.82. The molecule has 1 heterocycles. The van der Waals surface area contributed by atoms with Crippen LogP contribution in [0.5, 0.6) is 0 Å². The monoisotopic (exact) mass is 524 g/mol. The number of hydrogen-bond donors (Lipinski definition) is 3. The van der Waals surface area contributed by atoms with E-state index in [9.17, 15) is 19.5 Å². The molecular formula is C30H28N4O5. The first kappa shape index (κ1) is 26.9. The zero-order valence-electron chi connectivity index (χ0n) is 21.3. The van der Waals surface area contributed by atoms with E-state index in [1.165, 1.54) is 4.90 Å². The molecule has 39 heavy (non-hydrogen) atoms. The van der Waals surface area contributed by atoms with E-state index in [1.54, 1.807) is 31.4 Å². The lowest BCUT2D eigenvalue weighted by Crippen LogP contribution is -2.42. The van der Waals surface area contributed by atoms with Gasteiger partial charge in [0.15, 0.2) is 0 Å². The Labute approximate surface area is 226 Å². The zero-order valence-corrected chi connectivity index (χ0v) is 21.3. The predicted octanol–water partition coefficient (Wildman–Crippen LogP) is 5.34. The molecule has 4 aromatic rings. The van der Waals surface area contributed by atoms with Crippen molar-refractivity contribution in [3.8, 4) is 11.1 Å². The lowest BCUT2D eigenvalue weighted by atomic mass is 10.00. The van der Waals surface area contributed by atoms with E-state index in [2.05, 4.69) is 15.6 Å². The van der Waals surface area contributed by atoms with E-state index in [0.29, 0.717) is 11.5 Å². The molecule has 0 aliphatic rings. The summed E-state index contributed by atoms with van der Waals surface area (Å²) >= 11 is 0. The third-order valence-corrected chi connectivity index (χ3v) is 5.97. The van der Waals surface area contributed by atoms with Gasteiger partial charge in [-0.2, -0.15) is 0 Å². The maximum atomic E-state index is 12.6. The van der Waals surface area contributed by atoms with E-state index < -0.39 is 18.1 Å². The molecule has 0 bridgehead atoms. The summed E-state index contributed by atoms with van der Waals surface area (Å²) in [5, 5.41) is 14.8. The number of amides is 3. The van der Waals surface area contributed by atoms with Gasteiger partial charge in [0.05, 0.1) is 0 Å². The Morgan fingerprint density at radius 1 is 0.872 bits per heavy atom. The Kier molecular flexibility index (Phi) is 8.87. The lowest BCUT2D eigenvalue weighted by Gasteiger charge is -2.19. The minimum absolute atomic E-state index is 0.0484. The average Bonchev–Trinajstić information content (AvgIpc) is 2.97. The van der Waals surface area contributed by atoms with Crippen LogP contribution < -0.4 is 15.5 Å². The van der Waals surface area contributed by atoms with Gasteiger partial charge in [-0.25, -0.2) is 19.4 Å². The van der Waals surface area contributed by atoms with Crippen molar-refractivity contribution in [3.05, 3.63) is 114 Å². The molecule has 0 aliphatic carbocycles. The first-order valence-corrected chi connectivity index (χ1v) is 12.2. The van der Waals surface area contributed by atoms with Crippen LogP contribution in [0.25, 0.3) is 11.1 Å². The molecule has 0 saturated heterocycles. The third kappa shape index (κ3) is 7.65. The molecule has 9 nitrogen and oxygen atoms in total. The number of carboxylic acids is 1. The minimum atomic E-state index is -1.16. The van der Waals surface area contributed by atoms with Gasteiger partial charge in [0.25, 0.3) is 0 Å². The Hall–Kier alpha value is -5.18. The Bertz CT molecular complexity index is 1410. The highest BCUT2D eigenvalue weighted by Crippen LogP contribution is 2.25. The summed E-state index contributed by atoms with van der Waals surface area (Å²) in [6.45, 7) is 0.0484. The maximum Gasteiger partial charge on any atom is 0.408 e. The number of ether oxygens (including phenoxy) is 1. The van der Waals surface area contributed by atoms with Crippen LogP contribution in [0.4, 0.5) is 21.1 Å². The van der Waals surface area contributed by atoms with Crippen molar-refractivity contribution in [1.82, 2.24) is 10.3 Å². The van der Waals surface area contributed by atoms with Gasteiger partial charge in [-0.1, -0.05) is 72.8 Å². The number of aromatic nitrogens is 1. The van der Waals surface area contributed by atoms with Crippen LogP contribution in [0.2, 0.25) is 0 Å². The van der Waals surface area contributed by atoms with Crippen LogP contribution in [-0.4, -0.2) is 41.3 Å². The molecule has 0 fully saturated rings. The quantitative estimate of drug-likeness (QED) is 0.272. The van der Waals surface area contributed by atoms with Crippen molar-refractivity contribution in [2.24, 2.45) is 0 Å². The second-order valence-electron chi connectivity index (χ2n) is 8.75. The van der Waals surface area contributed by atoms with Gasteiger partial charge in [0, 0.05) is 25.4 Å². The summed E-state index contributed by atoms with van der Waals surface area (Å²) < 4.78 is 5.15. The highest BCUT2D eigenvalue weighted by molar-refractivity contribution is 6.01. The first-order chi connectivity index (χ1) is 18.9. The number of hydrogen-bond acceptors (Lipinski definition) is 5. The molecule has 3 amide bonds. The molecule has 0 saturated carbocycles. The van der Waals surface area contributed by atoms with Gasteiger partial charge in [-0.3, -0.25) is 10.2 Å². The number of benzene rings is 3. The fraction of sp³-hybridized carbons (Fsp3) is 0.133. The van der Waals surface area contributed by atoms with Crippen LogP contribution in [0, 0.1) is 0 Å². The van der Waals surface area contributed by atoms with Crippen molar-refractivity contribution < 1.29 is 24.2 Å². The molecule has 1 aromatic heterocycles. The normalized spacial score (nSPS) is 11.2. The SMILES string of the molecule is CN(C(=O)Nc1ccccn1)c1cccc(-c2ccc(C[C@H](NC(=O)OCc3ccccc3)C(=O)O)cc2)c1. The van der Waals surface area contributed by atoms with Crippen LogP contribution in [0.1, 0.15) is 11.1 Å². The molecule has 0 aliphatic heterocycles. The van der Waals surface area contributed by atoms with Crippen molar-refractivity contribution in [2.75, 3.05) is 17.3 Å². The fourth-order valence-corrected chi connectivity index (χ4v) is 3.82. The number of aliphatic carboxylic acids is 1. The summed E-state index contributed by atoms with van der Waals surface area (Å²) in [7, 11) is 1.67. The number of urea groups is 1. The Morgan fingerprint density at radius 3 is 2.31 bits per heavy atom. The van der Waals surface area contributed by atoms with Gasteiger partial charge < -0.3 is 15.2 Å². The molecule has 198 valence electrons. The number of anilines is 2. The highest BCUT2D eigenvalue weighted by atomic mass is 16.5. The van der Waals surface area contributed by atoms with Crippen molar-refractivity contribution in [3.63, 3.8) is 0 Å². The average molecular weight is 525 g/mol. The second-order valence-corrected chi connectivity index (χ2v) is 8.75. The Balaban J connectivity index is 1.37. The molecular weight excluding hydrogens is 496 g/mol. The molecule has 1 atom stereocenters. The first-order valence-electron chi connectivity index (χ1n) is 12.2. The number of carboxylic acid groups (broad SMARTS) is 1. The van der Waals surface area contributed by atoms with Gasteiger partial charge in [-0.05, 0) is 46.5 Å². The molecule has 0 radical (unpaired) electrons. The molecule has 4 rings (SSSR count). The highest BCUT2D eigenvalue weighted by Gasteiger charge is 2.21. The van der Waals surface area contributed by atoms with Crippen LogP contribution in [0.15, 0.2) is 103 Å². The summed E-state index contributed by atoms with van der Waals surface area (Å²) in [5.74, 6) is -0.699. The smallest absolute Gasteiger partial charge is 0.408 e. The van der Waals surface area contributed by atoms with Gasteiger partial charge >= 0.3 is 18.1 Å². The van der Waals surface area contributed by atoms with Gasteiger partial charge in [-0.15, -0.1) is 0 Å². The van der Waals surface area contributed by atoms with Crippen LogP contribution in [0.3, 0.4) is 0 Å². The number of nitrogens with zero attached hydrogens (tertiary/aromatic N) is 2. The number of carbonyl (C=O) groups is 3. The summed E-state index contributed by atoms with van der Waals surface area (Å²) in [6.07, 6.45) is 0.898. The second kappa shape index (κ2) is 12.9. The summed E-state index contributed by atoms with van der Waals surface area (Å²) in [6, 6.07) is 27.8. The molecule has 0 spiro atoms. The van der Waals surface area contributed by atoms with E-state index in [0.717, 1.165) is 22.3 Å². The number of pyridine rings is 1. The molecule has 3 N–H and O–H groups in total. The van der Waals surface area contributed by atoms with Crippen LogP contribution >= 0.6 is 0 Å². The number of carbonyl (C=O) groups excluding carboxylic acids is 2. The third-order valence-electron chi connectivity index (χ3n) is 5.97. The van der Waals surface area contributed by atoms with Crippen molar-refractivity contribution in [2.45, 2.75) is 19.1 Å². The number of rotatable bonds is 9. The van der Waals surface area contributed by atoms with Gasteiger partial charge in [0.2, 0.25) is 0 Å². The van der Waals surface area contributed by atoms with Gasteiger partial charge in [0.1, 0.15) is 18.5 Å². The van der Waals surface area contributed by atoms with Crippen molar-refractivity contribution >= 4 is 29.6 Å². The van der Waals surface area contributed by atoms with E-state index in [-0.39, 0.29) is 19.1 Å². The van der Waals surface area contributed by atoms with Crippen LogP contribution in [-0.2, 0) is 22.6 Å². The molecule has 9 heteroatoms. The topological polar surface area (TPSA) is 121 Å². The summed E-state index contributed by atoms with van der Waals surface area (Å²) in [5.41, 5.74) is 4.00. The number of alkyl carbamates (subject to hydrolysis) is 1. The minimum Gasteiger partial charge on any atom is -0.480 e. The molecule has 3 aromatic carbocycles. The largest absolute Gasteiger partial charge is 0.480 e. The zero-order chi connectivity index (χ0) is 27.6. The predicted molar refractivity (Wildman–Crippen MR) is 148 cm³/mol. The van der Waals surface area contributed by atoms with E-state index in [4.69, 9.17) is 4.74 Å². The molecule has 0 unspecified atom stereocenters. The maximum absolute atomic E-state index is 12.6. The van der Waals surface area contributed by atoms with Crippen molar-refractivity contribution in [1.29, 1.82) is 0 Å². The lowest BCUT2D eigenvalue weighted by molar-refractivity contribution is -0.139. The van der Waals surface area contributed by atoms with E-state index in [1.807, 2.05) is 78.9 Å². The number of nitrogens with one attached hydrogen (secondary N) is 2. The standard InChI is InChI=1S/C30H28N4O5/c1-34(29(37)33-27-12-5-6-17-31-27)25-11-7-10-24(19-25)23-15-13-21(14-16-23)18-26(28(35)36)32-30(38)39-20-22-8-3-2-4-9-22/h2-17,19,26H,18,20H2,1H3,(H,32,38)(H,35,36)(H,31,33,37)/t26-/m0/s1. The summed E-state index contributed by atoms with van der Waals surface area (Å²) in [4.78, 5) is 42.2. The Morgan fingerprint density at radius 2 is 1.62 bits per heavy atom. The van der Waals surface area contributed by atoms with E-state index >= 15 is 0 Å².